The zero-order valence-electron chi connectivity index (χ0n) is 5.18. The van der Waals surface area contributed by atoms with Gasteiger partial charge in [-0.3, -0.25) is 10.2 Å². The standard InChI is InChI=1S/C6H10N2O/c1-3-5-7-8-6(9)4-2/h3-4,7H,1-2,5H2,(H,8,9). The van der Waals surface area contributed by atoms with Crippen molar-refractivity contribution in [2.45, 2.75) is 0 Å². The molecule has 0 heterocycles. The van der Waals surface area contributed by atoms with Crippen LogP contribution >= 0.6 is 0 Å². The van der Waals surface area contributed by atoms with E-state index in [2.05, 4.69) is 24.0 Å². The summed E-state index contributed by atoms with van der Waals surface area (Å²) in [6.07, 6.45) is 2.83. The lowest BCUT2D eigenvalue weighted by atomic mass is 10.6. The van der Waals surface area contributed by atoms with Crippen LogP contribution in [0.4, 0.5) is 0 Å². The van der Waals surface area contributed by atoms with Crippen LogP contribution in [0.1, 0.15) is 0 Å². The summed E-state index contributed by atoms with van der Waals surface area (Å²) >= 11 is 0. The molecule has 9 heavy (non-hydrogen) atoms. The SMILES string of the molecule is C=CCNNC(=O)C=C. The van der Waals surface area contributed by atoms with Crippen LogP contribution in [-0.4, -0.2) is 12.5 Å². The largest absolute Gasteiger partial charge is 0.288 e. The Balaban J connectivity index is 3.16. The van der Waals surface area contributed by atoms with Gasteiger partial charge in [0.1, 0.15) is 0 Å². The highest BCUT2D eigenvalue weighted by molar-refractivity contribution is 5.86. The summed E-state index contributed by atoms with van der Waals surface area (Å²) in [7, 11) is 0. The Kier molecular flexibility index (Phi) is 4.44. The fourth-order valence-corrected chi connectivity index (χ4v) is 0.261. The molecule has 0 saturated carbocycles. The van der Waals surface area contributed by atoms with E-state index in [4.69, 9.17) is 0 Å². The van der Waals surface area contributed by atoms with Gasteiger partial charge in [-0.25, -0.2) is 5.43 Å². The van der Waals surface area contributed by atoms with Crippen molar-refractivity contribution >= 4 is 5.91 Å². The minimum absolute atomic E-state index is 0.239. The first-order valence-electron chi connectivity index (χ1n) is 2.57. The molecule has 0 aliphatic heterocycles. The molecule has 0 saturated heterocycles. The van der Waals surface area contributed by atoms with E-state index >= 15 is 0 Å². The van der Waals surface area contributed by atoms with Crippen LogP contribution in [0.5, 0.6) is 0 Å². The van der Waals surface area contributed by atoms with Gasteiger partial charge in [0.05, 0.1) is 0 Å². The van der Waals surface area contributed by atoms with E-state index in [9.17, 15) is 4.79 Å². The van der Waals surface area contributed by atoms with E-state index in [0.717, 1.165) is 0 Å². The van der Waals surface area contributed by atoms with Crippen molar-refractivity contribution in [2.24, 2.45) is 0 Å². The van der Waals surface area contributed by atoms with E-state index in [1.807, 2.05) is 0 Å². The smallest absolute Gasteiger partial charge is 0.257 e. The van der Waals surface area contributed by atoms with E-state index in [1.165, 1.54) is 6.08 Å². The number of hydrogen-bond acceptors (Lipinski definition) is 2. The van der Waals surface area contributed by atoms with Crippen LogP contribution in [0.2, 0.25) is 0 Å². The van der Waals surface area contributed by atoms with Gasteiger partial charge in [0, 0.05) is 6.54 Å². The molecule has 0 unspecified atom stereocenters. The molecular weight excluding hydrogens is 116 g/mol. The van der Waals surface area contributed by atoms with Crippen LogP contribution < -0.4 is 10.9 Å². The maximum atomic E-state index is 10.4. The quantitative estimate of drug-likeness (QED) is 0.240. The van der Waals surface area contributed by atoms with Crippen molar-refractivity contribution in [1.29, 1.82) is 0 Å². The fourth-order valence-electron chi connectivity index (χ4n) is 0.261. The summed E-state index contributed by atoms with van der Waals surface area (Å²) in [6.45, 7) is 7.26. The molecule has 0 aromatic carbocycles. The third-order valence-electron chi connectivity index (χ3n) is 0.643. The van der Waals surface area contributed by atoms with E-state index in [-0.39, 0.29) is 5.91 Å². The van der Waals surface area contributed by atoms with Crippen LogP contribution in [0.15, 0.2) is 25.3 Å². The number of carbonyl (C=O) groups excluding carboxylic acids is 1. The average Bonchev–Trinajstić information content (AvgIpc) is 1.89. The molecule has 0 rings (SSSR count). The predicted molar refractivity (Wildman–Crippen MR) is 36.5 cm³/mol. The molecule has 0 atom stereocenters. The van der Waals surface area contributed by atoms with E-state index < -0.39 is 0 Å². The maximum absolute atomic E-state index is 10.4. The first kappa shape index (κ1) is 7.91. The Bertz CT molecular complexity index is 120. The van der Waals surface area contributed by atoms with Crippen LogP contribution in [0.25, 0.3) is 0 Å². The second-order valence-corrected chi connectivity index (χ2v) is 1.36. The van der Waals surface area contributed by atoms with E-state index in [1.54, 1.807) is 6.08 Å². The number of rotatable bonds is 4. The predicted octanol–water partition coefficient (Wildman–Crippen LogP) is -0.0208. The van der Waals surface area contributed by atoms with Crippen molar-refractivity contribution in [3.63, 3.8) is 0 Å². The number of hydrogen-bond donors (Lipinski definition) is 2. The number of amides is 1. The molecular formula is C6H10N2O. The second-order valence-electron chi connectivity index (χ2n) is 1.36. The molecule has 0 aromatic rings. The van der Waals surface area contributed by atoms with Gasteiger partial charge in [0.15, 0.2) is 0 Å². The molecule has 0 aliphatic rings. The van der Waals surface area contributed by atoms with Crippen molar-refractivity contribution < 1.29 is 4.79 Å². The first-order valence-corrected chi connectivity index (χ1v) is 2.57. The van der Waals surface area contributed by atoms with Gasteiger partial charge < -0.3 is 0 Å². The highest BCUT2D eigenvalue weighted by Crippen LogP contribution is 1.60. The molecule has 3 heteroatoms. The third kappa shape index (κ3) is 4.77. The highest BCUT2D eigenvalue weighted by Gasteiger charge is 1.86. The molecule has 0 aliphatic carbocycles. The minimum atomic E-state index is -0.239. The lowest BCUT2D eigenvalue weighted by Crippen LogP contribution is -2.35. The molecule has 50 valence electrons. The molecule has 3 nitrogen and oxygen atoms in total. The van der Waals surface area contributed by atoms with Gasteiger partial charge in [0.25, 0.3) is 5.91 Å². The van der Waals surface area contributed by atoms with Gasteiger partial charge >= 0.3 is 0 Å². The van der Waals surface area contributed by atoms with Gasteiger partial charge in [-0.15, -0.1) is 6.58 Å². The maximum Gasteiger partial charge on any atom is 0.257 e. The van der Waals surface area contributed by atoms with Crippen LogP contribution in [0.3, 0.4) is 0 Å². The second kappa shape index (κ2) is 5.05. The van der Waals surface area contributed by atoms with Gasteiger partial charge in [-0.05, 0) is 6.08 Å². The lowest BCUT2D eigenvalue weighted by Gasteiger charge is -1.98. The van der Waals surface area contributed by atoms with Crippen molar-refractivity contribution in [1.82, 2.24) is 10.9 Å². The van der Waals surface area contributed by atoms with Crippen molar-refractivity contribution in [3.8, 4) is 0 Å². The normalized spacial score (nSPS) is 8.00. The lowest BCUT2D eigenvalue weighted by molar-refractivity contribution is -0.117. The van der Waals surface area contributed by atoms with Crippen LogP contribution in [-0.2, 0) is 4.79 Å². The molecule has 0 aromatic heterocycles. The minimum Gasteiger partial charge on any atom is -0.288 e. The summed E-state index contributed by atoms with van der Waals surface area (Å²) in [4.78, 5) is 10.4. The third-order valence-corrected chi connectivity index (χ3v) is 0.643. The Hall–Kier alpha value is -1.09. The molecule has 0 radical (unpaired) electrons. The Morgan fingerprint density at radius 2 is 2.22 bits per heavy atom. The van der Waals surface area contributed by atoms with Gasteiger partial charge in [-0.2, -0.15) is 0 Å². The zero-order valence-corrected chi connectivity index (χ0v) is 5.18. The summed E-state index contributed by atoms with van der Waals surface area (Å²) in [5, 5.41) is 0. The molecule has 1 amide bonds. The summed E-state index contributed by atoms with van der Waals surface area (Å²) in [5.41, 5.74) is 4.95. The Morgan fingerprint density at radius 1 is 1.56 bits per heavy atom. The molecule has 0 fully saturated rings. The summed E-state index contributed by atoms with van der Waals surface area (Å²) < 4.78 is 0. The zero-order chi connectivity index (χ0) is 7.11. The number of nitrogens with one attached hydrogen (secondary N) is 2. The first-order chi connectivity index (χ1) is 4.31. The topological polar surface area (TPSA) is 41.1 Å². The summed E-state index contributed by atoms with van der Waals surface area (Å²) in [5.74, 6) is -0.239. The van der Waals surface area contributed by atoms with Gasteiger partial charge in [0.2, 0.25) is 0 Å². The Morgan fingerprint density at radius 3 is 2.67 bits per heavy atom. The molecule has 0 spiro atoms. The fraction of sp³-hybridized carbons (Fsp3) is 0.167. The number of hydrazine groups is 1. The van der Waals surface area contributed by atoms with Crippen molar-refractivity contribution in [3.05, 3.63) is 25.3 Å². The molecule has 0 bridgehead atoms. The summed E-state index contributed by atoms with van der Waals surface area (Å²) in [6, 6.07) is 0. The van der Waals surface area contributed by atoms with Gasteiger partial charge in [-0.1, -0.05) is 12.7 Å². The molecule has 2 N–H and O–H groups in total. The average molecular weight is 126 g/mol. The Labute approximate surface area is 54.4 Å². The van der Waals surface area contributed by atoms with Crippen molar-refractivity contribution in [2.75, 3.05) is 6.54 Å². The number of carbonyl (C=O) groups is 1. The monoisotopic (exact) mass is 126 g/mol. The van der Waals surface area contributed by atoms with Crippen LogP contribution in [0, 0.1) is 0 Å². The highest BCUT2D eigenvalue weighted by atomic mass is 16.2. The van der Waals surface area contributed by atoms with E-state index in [0.29, 0.717) is 6.54 Å².